The second-order valence-corrected chi connectivity index (χ2v) is 6.60. The third-order valence-electron chi connectivity index (χ3n) is 4.58. The number of benzene rings is 2. The van der Waals surface area contributed by atoms with E-state index in [1.54, 1.807) is 30.3 Å². The quantitative estimate of drug-likeness (QED) is 0.466. The van der Waals surface area contributed by atoms with Gasteiger partial charge in [0.25, 0.3) is 17.4 Å². The molecule has 0 fully saturated rings. The molecule has 4 aromatic rings. The Labute approximate surface area is 165 Å². The van der Waals surface area contributed by atoms with Gasteiger partial charge in [-0.3, -0.25) is 25.2 Å². The number of hydrogen-bond donors (Lipinski definition) is 3. The Morgan fingerprint density at radius 1 is 1.00 bits per heavy atom. The molecule has 4 rings (SSSR count). The van der Waals surface area contributed by atoms with Crippen molar-refractivity contribution in [3.8, 4) is 0 Å². The van der Waals surface area contributed by atoms with Gasteiger partial charge >= 0.3 is 0 Å². The molecule has 0 bridgehead atoms. The maximum atomic E-state index is 12.7. The first-order chi connectivity index (χ1) is 14.1. The zero-order valence-corrected chi connectivity index (χ0v) is 15.7. The lowest BCUT2D eigenvalue weighted by Crippen LogP contribution is -2.43. The van der Waals surface area contributed by atoms with E-state index in [2.05, 4.69) is 20.9 Å². The predicted octanol–water partition coefficient (Wildman–Crippen LogP) is 2.36. The molecule has 3 N–H and O–H groups in total. The van der Waals surface area contributed by atoms with Gasteiger partial charge in [0.2, 0.25) is 0 Å². The summed E-state index contributed by atoms with van der Waals surface area (Å²) in [6.45, 7) is 2.31. The summed E-state index contributed by atoms with van der Waals surface area (Å²) in [7, 11) is 0. The summed E-state index contributed by atoms with van der Waals surface area (Å²) in [6, 6.07) is 16.0. The van der Waals surface area contributed by atoms with Crippen LogP contribution in [-0.2, 0) is 6.54 Å². The smallest absolute Gasteiger partial charge is 0.290 e. The van der Waals surface area contributed by atoms with E-state index in [1.165, 1.54) is 4.68 Å². The number of rotatable bonds is 4. The summed E-state index contributed by atoms with van der Waals surface area (Å²) >= 11 is 0. The highest BCUT2D eigenvalue weighted by atomic mass is 16.2. The first kappa shape index (κ1) is 18.4. The molecule has 0 radical (unpaired) electrons. The molecule has 29 heavy (non-hydrogen) atoms. The number of nitrogens with zero attached hydrogens (tertiary/aromatic N) is 2. The van der Waals surface area contributed by atoms with E-state index >= 15 is 0 Å². The average molecular weight is 389 g/mol. The molecule has 0 atom stereocenters. The number of hydrazine groups is 1. The molecular formula is C21H19N5O3. The van der Waals surface area contributed by atoms with Crippen LogP contribution in [0.25, 0.3) is 21.7 Å². The van der Waals surface area contributed by atoms with E-state index in [0.717, 1.165) is 10.9 Å². The zero-order chi connectivity index (χ0) is 20.4. The molecule has 2 aromatic heterocycles. The zero-order valence-electron chi connectivity index (χ0n) is 15.7. The van der Waals surface area contributed by atoms with Crippen molar-refractivity contribution < 1.29 is 9.59 Å². The van der Waals surface area contributed by atoms with E-state index in [1.807, 2.05) is 31.2 Å². The molecule has 0 aliphatic rings. The van der Waals surface area contributed by atoms with Gasteiger partial charge in [-0.25, -0.2) is 4.68 Å². The van der Waals surface area contributed by atoms with Crippen molar-refractivity contribution in [2.24, 2.45) is 0 Å². The first-order valence-electron chi connectivity index (χ1n) is 9.26. The number of para-hydroxylation sites is 1. The standard InChI is InChI=1S/C21H19N5O3/c1-2-11-26-21(29)15-9-5-4-8-14(15)18(25-26)20(28)24-23-19(27)17-12-13-7-3-6-10-16(13)22-17/h3-10,12,22H,2,11H2,1H3,(H,23,27)(H,24,28). The van der Waals surface area contributed by atoms with Crippen LogP contribution in [0.5, 0.6) is 0 Å². The second-order valence-electron chi connectivity index (χ2n) is 6.60. The van der Waals surface area contributed by atoms with Crippen LogP contribution in [0.3, 0.4) is 0 Å². The lowest BCUT2D eigenvalue weighted by Gasteiger charge is -2.11. The highest BCUT2D eigenvalue weighted by Crippen LogP contribution is 2.15. The van der Waals surface area contributed by atoms with Gasteiger partial charge in [0, 0.05) is 22.8 Å². The van der Waals surface area contributed by atoms with Crippen LogP contribution in [0.4, 0.5) is 0 Å². The summed E-state index contributed by atoms with van der Waals surface area (Å²) in [5.74, 6) is -1.09. The lowest BCUT2D eigenvalue weighted by molar-refractivity contribution is 0.0841. The number of fused-ring (bicyclic) bond motifs is 2. The number of H-pyrrole nitrogens is 1. The molecule has 0 unspecified atom stereocenters. The number of nitrogens with one attached hydrogen (secondary N) is 3. The molecule has 2 amide bonds. The first-order valence-corrected chi connectivity index (χ1v) is 9.26. The highest BCUT2D eigenvalue weighted by Gasteiger charge is 2.18. The van der Waals surface area contributed by atoms with Crippen molar-refractivity contribution in [1.82, 2.24) is 25.6 Å². The van der Waals surface area contributed by atoms with Gasteiger partial charge in [0.1, 0.15) is 5.69 Å². The topological polar surface area (TPSA) is 109 Å². The van der Waals surface area contributed by atoms with Crippen molar-refractivity contribution in [2.75, 3.05) is 0 Å². The normalized spacial score (nSPS) is 10.9. The third kappa shape index (κ3) is 3.47. The molecule has 0 aliphatic heterocycles. The van der Waals surface area contributed by atoms with Gasteiger partial charge in [0.05, 0.1) is 5.39 Å². The van der Waals surface area contributed by atoms with Gasteiger partial charge in [-0.1, -0.05) is 43.3 Å². The fraction of sp³-hybridized carbons (Fsp3) is 0.143. The Balaban J connectivity index is 1.59. The number of aromatic nitrogens is 3. The van der Waals surface area contributed by atoms with Crippen LogP contribution in [-0.4, -0.2) is 26.6 Å². The molecule has 2 aromatic carbocycles. The van der Waals surface area contributed by atoms with Gasteiger partial charge in [-0.15, -0.1) is 0 Å². The van der Waals surface area contributed by atoms with Crippen molar-refractivity contribution in [2.45, 2.75) is 19.9 Å². The van der Waals surface area contributed by atoms with Crippen LogP contribution in [0.1, 0.15) is 34.3 Å². The van der Waals surface area contributed by atoms with E-state index < -0.39 is 11.8 Å². The van der Waals surface area contributed by atoms with Gasteiger partial charge in [-0.05, 0) is 24.6 Å². The minimum atomic E-state index is -0.601. The minimum Gasteiger partial charge on any atom is -0.350 e. The molecule has 8 nitrogen and oxygen atoms in total. The number of carbonyl (C=O) groups excluding carboxylic acids is 2. The van der Waals surface area contributed by atoms with Gasteiger partial charge < -0.3 is 4.98 Å². The number of aromatic amines is 1. The van der Waals surface area contributed by atoms with E-state index in [9.17, 15) is 14.4 Å². The molecule has 0 saturated carbocycles. The monoisotopic (exact) mass is 389 g/mol. The van der Waals surface area contributed by atoms with Crippen LogP contribution in [0.15, 0.2) is 59.4 Å². The van der Waals surface area contributed by atoms with Crippen molar-refractivity contribution in [3.05, 3.63) is 76.3 Å². The maximum absolute atomic E-state index is 12.7. The number of carbonyl (C=O) groups is 2. The fourth-order valence-corrected chi connectivity index (χ4v) is 3.20. The lowest BCUT2D eigenvalue weighted by atomic mass is 10.1. The maximum Gasteiger partial charge on any atom is 0.290 e. The molecule has 0 aliphatic carbocycles. The molecule has 2 heterocycles. The van der Waals surface area contributed by atoms with Crippen LogP contribution >= 0.6 is 0 Å². The van der Waals surface area contributed by atoms with Gasteiger partial charge in [-0.2, -0.15) is 5.10 Å². The Hall–Kier alpha value is -3.94. The summed E-state index contributed by atoms with van der Waals surface area (Å²) in [6.07, 6.45) is 0.698. The summed E-state index contributed by atoms with van der Waals surface area (Å²) in [5.41, 5.74) is 5.75. The van der Waals surface area contributed by atoms with Crippen molar-refractivity contribution >= 4 is 33.5 Å². The number of amides is 2. The molecular weight excluding hydrogens is 370 g/mol. The summed E-state index contributed by atoms with van der Waals surface area (Å²) < 4.78 is 1.27. The largest absolute Gasteiger partial charge is 0.350 e. The average Bonchev–Trinajstić information content (AvgIpc) is 3.18. The van der Waals surface area contributed by atoms with Crippen LogP contribution < -0.4 is 16.4 Å². The molecule has 8 heteroatoms. The Bertz CT molecular complexity index is 1260. The second kappa shape index (κ2) is 7.59. The minimum absolute atomic E-state index is 0.0746. The van der Waals surface area contributed by atoms with E-state index in [0.29, 0.717) is 29.4 Å². The predicted molar refractivity (Wildman–Crippen MR) is 110 cm³/mol. The summed E-state index contributed by atoms with van der Waals surface area (Å²) in [5, 5.41) is 5.94. The SMILES string of the molecule is CCCn1nc(C(=O)NNC(=O)c2cc3ccccc3[nH]2)c2ccccc2c1=O. The summed E-state index contributed by atoms with van der Waals surface area (Å²) in [4.78, 5) is 40.6. The third-order valence-corrected chi connectivity index (χ3v) is 4.58. The van der Waals surface area contributed by atoms with Crippen molar-refractivity contribution in [3.63, 3.8) is 0 Å². The Morgan fingerprint density at radius 2 is 1.69 bits per heavy atom. The van der Waals surface area contributed by atoms with E-state index in [-0.39, 0.29) is 11.3 Å². The van der Waals surface area contributed by atoms with E-state index in [4.69, 9.17) is 0 Å². The molecule has 0 saturated heterocycles. The number of hydrogen-bond acceptors (Lipinski definition) is 4. The fourth-order valence-electron chi connectivity index (χ4n) is 3.20. The Kier molecular flexibility index (Phi) is 4.82. The number of aryl methyl sites for hydroxylation is 1. The van der Waals surface area contributed by atoms with Crippen LogP contribution in [0.2, 0.25) is 0 Å². The molecule has 146 valence electrons. The Morgan fingerprint density at radius 3 is 2.45 bits per heavy atom. The van der Waals surface area contributed by atoms with Crippen molar-refractivity contribution in [1.29, 1.82) is 0 Å². The highest BCUT2D eigenvalue weighted by molar-refractivity contribution is 6.06. The van der Waals surface area contributed by atoms with Gasteiger partial charge in [0.15, 0.2) is 5.69 Å². The van der Waals surface area contributed by atoms with Crippen LogP contribution in [0, 0.1) is 0 Å². The molecule has 0 spiro atoms.